The van der Waals surface area contributed by atoms with Gasteiger partial charge in [0.2, 0.25) is 5.88 Å². The van der Waals surface area contributed by atoms with E-state index in [1.807, 2.05) is 0 Å². The number of allylic oxidation sites excluding steroid dienone is 1. The first-order valence-corrected chi connectivity index (χ1v) is 11.1. The van der Waals surface area contributed by atoms with Crippen molar-refractivity contribution < 1.29 is 32.2 Å². The predicted molar refractivity (Wildman–Crippen MR) is 122 cm³/mol. The summed E-state index contributed by atoms with van der Waals surface area (Å²) in [5.41, 5.74) is 1.33. The Morgan fingerprint density at radius 3 is 2.22 bits per heavy atom. The quantitative estimate of drug-likeness (QED) is 0.503. The Morgan fingerprint density at radius 1 is 1.03 bits per heavy atom. The molecule has 1 aromatic carbocycles. The molecule has 1 aromatic heterocycles. The highest BCUT2D eigenvalue weighted by Gasteiger charge is 2.15. The average molecular weight is 463 g/mol. The van der Waals surface area contributed by atoms with Gasteiger partial charge in [-0.15, -0.1) is 0 Å². The lowest BCUT2D eigenvalue weighted by Gasteiger charge is -2.12. The molecular formula is C22H26N2O7S. The minimum absolute atomic E-state index is 0.141. The number of sulfone groups is 1. The Labute approximate surface area is 187 Å². The van der Waals surface area contributed by atoms with Crippen LogP contribution in [0.3, 0.4) is 0 Å². The minimum atomic E-state index is -3.67. The summed E-state index contributed by atoms with van der Waals surface area (Å²) in [6.07, 6.45) is 5.60. The van der Waals surface area contributed by atoms with Crippen LogP contribution in [0.5, 0.6) is 23.1 Å². The molecule has 9 nitrogen and oxygen atoms in total. The maximum Gasteiger partial charge on any atom is 0.237 e. The maximum atomic E-state index is 12.7. The zero-order chi connectivity index (χ0) is 23.7. The van der Waals surface area contributed by atoms with Gasteiger partial charge in [-0.2, -0.15) is 0 Å². The largest absolute Gasteiger partial charge is 0.496 e. The molecule has 0 aliphatic carbocycles. The number of nitrogens with zero attached hydrogens (tertiary/aromatic N) is 1. The van der Waals surface area contributed by atoms with E-state index in [1.165, 1.54) is 59.9 Å². The van der Waals surface area contributed by atoms with Gasteiger partial charge in [0.25, 0.3) is 0 Å². The molecular weight excluding hydrogens is 436 g/mol. The van der Waals surface area contributed by atoms with Crippen LogP contribution < -0.4 is 24.3 Å². The number of aromatic nitrogens is 1. The maximum absolute atomic E-state index is 12.7. The minimum Gasteiger partial charge on any atom is -0.496 e. The highest BCUT2D eigenvalue weighted by Crippen LogP contribution is 2.35. The molecule has 10 heteroatoms. The van der Waals surface area contributed by atoms with Crippen molar-refractivity contribution in [2.45, 2.75) is 12.7 Å². The van der Waals surface area contributed by atoms with Crippen molar-refractivity contribution in [3.63, 3.8) is 0 Å². The molecule has 0 aliphatic heterocycles. The van der Waals surface area contributed by atoms with Crippen LogP contribution >= 0.6 is 0 Å². The van der Waals surface area contributed by atoms with Gasteiger partial charge in [0.1, 0.15) is 22.9 Å². The highest BCUT2D eigenvalue weighted by atomic mass is 32.2. The van der Waals surface area contributed by atoms with Crippen LogP contribution in [0.15, 0.2) is 42.1 Å². The van der Waals surface area contributed by atoms with Gasteiger partial charge in [-0.25, -0.2) is 13.4 Å². The fourth-order valence-corrected chi connectivity index (χ4v) is 3.80. The van der Waals surface area contributed by atoms with Gasteiger partial charge in [-0.05, 0) is 30.7 Å². The van der Waals surface area contributed by atoms with Crippen LogP contribution in [0.1, 0.15) is 18.1 Å². The van der Waals surface area contributed by atoms with Crippen LogP contribution in [0.25, 0.3) is 6.08 Å². The van der Waals surface area contributed by atoms with Crippen LogP contribution in [-0.4, -0.2) is 47.6 Å². The molecule has 0 unspecified atom stereocenters. The Hall–Kier alpha value is -3.53. The third-order valence-electron chi connectivity index (χ3n) is 4.22. The van der Waals surface area contributed by atoms with Gasteiger partial charge in [-0.3, -0.25) is 4.79 Å². The van der Waals surface area contributed by atoms with E-state index in [0.29, 0.717) is 34.1 Å². The number of hydrogen-bond acceptors (Lipinski definition) is 9. The Kier molecular flexibility index (Phi) is 8.65. The standard InChI is InChI=1S/C22H26N2O7S/c1-15(25)6-8-23-19-10-16(13-24-22(19)31-5)14-32(26,27)9-7-18-20(29-3)11-17(28-2)12-21(18)30-4/h6-13,23H,14H2,1-5H3. The number of carbonyl (C=O) groups is 1. The molecule has 0 aliphatic rings. The Balaban J connectivity index is 2.31. The van der Waals surface area contributed by atoms with E-state index in [1.54, 1.807) is 18.2 Å². The SMILES string of the molecule is COc1cc(OC)c(C=CS(=O)(=O)Cc2cnc(OC)c(NC=CC(C)=O)c2)c(OC)c1. The Bertz CT molecular complexity index is 1100. The Morgan fingerprint density at radius 2 is 1.69 bits per heavy atom. The fraction of sp³-hybridized carbons (Fsp3) is 0.273. The third-order valence-corrected chi connectivity index (χ3v) is 5.51. The molecule has 1 N–H and O–H groups in total. The molecule has 2 rings (SSSR count). The number of hydrogen-bond donors (Lipinski definition) is 1. The van der Waals surface area contributed by atoms with Crippen molar-refractivity contribution in [1.29, 1.82) is 0 Å². The fourth-order valence-electron chi connectivity index (χ4n) is 2.74. The van der Waals surface area contributed by atoms with E-state index in [9.17, 15) is 13.2 Å². The highest BCUT2D eigenvalue weighted by molar-refractivity contribution is 7.93. The topological polar surface area (TPSA) is 113 Å². The first-order valence-electron chi connectivity index (χ1n) is 9.40. The number of ether oxygens (including phenoxy) is 4. The molecule has 0 amide bonds. The van der Waals surface area contributed by atoms with E-state index in [2.05, 4.69) is 10.3 Å². The number of methoxy groups -OCH3 is 4. The lowest BCUT2D eigenvalue weighted by atomic mass is 10.1. The smallest absolute Gasteiger partial charge is 0.237 e. The monoisotopic (exact) mass is 462 g/mol. The molecule has 0 saturated heterocycles. The van der Waals surface area contributed by atoms with Crippen LogP contribution in [-0.2, 0) is 20.4 Å². The summed E-state index contributed by atoms with van der Waals surface area (Å²) in [6, 6.07) is 4.86. The summed E-state index contributed by atoms with van der Waals surface area (Å²) in [4.78, 5) is 15.2. The van der Waals surface area contributed by atoms with Gasteiger partial charge in [0, 0.05) is 29.9 Å². The van der Waals surface area contributed by atoms with E-state index < -0.39 is 9.84 Å². The van der Waals surface area contributed by atoms with E-state index in [-0.39, 0.29) is 17.4 Å². The second-order valence-electron chi connectivity index (χ2n) is 6.54. The third kappa shape index (κ3) is 6.74. The van der Waals surface area contributed by atoms with Gasteiger partial charge >= 0.3 is 0 Å². The molecule has 0 spiro atoms. The summed E-state index contributed by atoms with van der Waals surface area (Å²) < 4.78 is 46.5. The number of pyridine rings is 1. The summed E-state index contributed by atoms with van der Waals surface area (Å²) >= 11 is 0. The molecule has 0 atom stereocenters. The number of carbonyl (C=O) groups excluding carboxylic acids is 1. The second-order valence-corrected chi connectivity index (χ2v) is 8.43. The summed E-state index contributed by atoms with van der Waals surface area (Å²) in [5.74, 6) is 1.15. The van der Waals surface area contributed by atoms with E-state index in [4.69, 9.17) is 18.9 Å². The summed E-state index contributed by atoms with van der Waals surface area (Å²) in [5, 5.41) is 3.96. The molecule has 0 fully saturated rings. The molecule has 2 aromatic rings. The molecule has 0 saturated carbocycles. The first-order chi connectivity index (χ1) is 15.2. The zero-order valence-electron chi connectivity index (χ0n) is 18.5. The van der Waals surface area contributed by atoms with Crippen molar-refractivity contribution in [1.82, 2.24) is 4.98 Å². The lowest BCUT2D eigenvalue weighted by molar-refractivity contribution is -0.112. The normalized spacial score (nSPS) is 11.5. The molecule has 0 bridgehead atoms. The van der Waals surface area contributed by atoms with Crippen molar-refractivity contribution in [3.05, 3.63) is 53.2 Å². The van der Waals surface area contributed by atoms with Crippen molar-refractivity contribution >= 4 is 27.4 Å². The zero-order valence-corrected chi connectivity index (χ0v) is 19.4. The molecule has 32 heavy (non-hydrogen) atoms. The number of rotatable bonds is 11. The van der Waals surface area contributed by atoms with E-state index in [0.717, 1.165) is 5.41 Å². The van der Waals surface area contributed by atoms with E-state index >= 15 is 0 Å². The van der Waals surface area contributed by atoms with Crippen LogP contribution in [0, 0.1) is 0 Å². The molecule has 0 radical (unpaired) electrons. The molecule has 1 heterocycles. The van der Waals surface area contributed by atoms with Gasteiger partial charge < -0.3 is 24.3 Å². The predicted octanol–water partition coefficient (Wildman–Crippen LogP) is 3.22. The van der Waals surface area contributed by atoms with Gasteiger partial charge in [0.05, 0.1) is 39.8 Å². The number of benzene rings is 1. The van der Waals surface area contributed by atoms with Crippen molar-refractivity contribution in [3.8, 4) is 23.1 Å². The van der Waals surface area contributed by atoms with Gasteiger partial charge in [0.15, 0.2) is 15.6 Å². The number of ketones is 1. The van der Waals surface area contributed by atoms with Crippen molar-refractivity contribution in [2.75, 3.05) is 33.8 Å². The summed E-state index contributed by atoms with van der Waals surface area (Å²) in [6.45, 7) is 1.41. The lowest BCUT2D eigenvalue weighted by Crippen LogP contribution is -2.03. The van der Waals surface area contributed by atoms with Crippen LogP contribution in [0.4, 0.5) is 5.69 Å². The van der Waals surface area contributed by atoms with Crippen LogP contribution in [0.2, 0.25) is 0 Å². The second kappa shape index (κ2) is 11.2. The first kappa shape index (κ1) is 24.7. The summed E-state index contributed by atoms with van der Waals surface area (Å²) in [7, 11) is 2.22. The molecule has 172 valence electrons. The van der Waals surface area contributed by atoms with Crippen molar-refractivity contribution in [2.24, 2.45) is 0 Å². The average Bonchev–Trinajstić information content (AvgIpc) is 2.76. The number of nitrogens with one attached hydrogen (secondary N) is 1. The number of anilines is 1. The van der Waals surface area contributed by atoms with Gasteiger partial charge in [-0.1, -0.05) is 0 Å².